The summed E-state index contributed by atoms with van der Waals surface area (Å²) >= 11 is 0. The third kappa shape index (κ3) is 3.94. The SMILES string of the molecule is CC1CC(C(N)CCS(C)(=O)=O)CO1. The second-order valence-electron chi connectivity index (χ2n) is 4.22. The van der Waals surface area contributed by atoms with Crippen LogP contribution in [0.5, 0.6) is 0 Å². The van der Waals surface area contributed by atoms with Crippen molar-refractivity contribution < 1.29 is 13.2 Å². The summed E-state index contributed by atoms with van der Waals surface area (Å²) < 4.78 is 27.2. The van der Waals surface area contributed by atoms with Crippen LogP contribution >= 0.6 is 0 Å². The quantitative estimate of drug-likeness (QED) is 0.735. The van der Waals surface area contributed by atoms with E-state index < -0.39 is 9.84 Å². The van der Waals surface area contributed by atoms with E-state index >= 15 is 0 Å². The minimum absolute atomic E-state index is 0.0466. The number of sulfone groups is 1. The van der Waals surface area contributed by atoms with Crippen LogP contribution in [0.25, 0.3) is 0 Å². The van der Waals surface area contributed by atoms with Crippen molar-refractivity contribution in [2.24, 2.45) is 11.7 Å². The molecule has 0 bridgehead atoms. The average Bonchev–Trinajstić information content (AvgIpc) is 2.46. The first-order valence-electron chi connectivity index (χ1n) is 4.93. The Labute approximate surface area is 85.7 Å². The fourth-order valence-corrected chi connectivity index (χ4v) is 2.43. The van der Waals surface area contributed by atoms with Crippen LogP contribution in [0.4, 0.5) is 0 Å². The van der Waals surface area contributed by atoms with E-state index in [1.165, 1.54) is 6.26 Å². The van der Waals surface area contributed by atoms with E-state index in [1.807, 2.05) is 6.92 Å². The van der Waals surface area contributed by atoms with Gasteiger partial charge in [0.15, 0.2) is 0 Å². The molecule has 4 nitrogen and oxygen atoms in total. The van der Waals surface area contributed by atoms with Crippen molar-refractivity contribution in [3.8, 4) is 0 Å². The van der Waals surface area contributed by atoms with E-state index in [9.17, 15) is 8.42 Å². The molecule has 0 aromatic heterocycles. The molecule has 1 aliphatic heterocycles. The maximum Gasteiger partial charge on any atom is 0.147 e. The Bertz CT molecular complexity index is 276. The summed E-state index contributed by atoms with van der Waals surface area (Å²) in [7, 11) is -2.88. The molecule has 0 aliphatic carbocycles. The molecule has 0 spiro atoms. The Kier molecular flexibility index (Phi) is 3.92. The van der Waals surface area contributed by atoms with Gasteiger partial charge in [0, 0.05) is 12.3 Å². The molecular formula is C9H19NO3S. The number of hydrogen-bond donors (Lipinski definition) is 1. The van der Waals surface area contributed by atoms with Crippen molar-refractivity contribution in [1.82, 2.24) is 0 Å². The highest BCUT2D eigenvalue weighted by molar-refractivity contribution is 7.90. The Morgan fingerprint density at radius 1 is 1.57 bits per heavy atom. The van der Waals surface area contributed by atoms with E-state index in [2.05, 4.69) is 0 Å². The smallest absolute Gasteiger partial charge is 0.147 e. The van der Waals surface area contributed by atoms with Crippen molar-refractivity contribution in [1.29, 1.82) is 0 Å². The maximum atomic E-state index is 10.9. The van der Waals surface area contributed by atoms with Gasteiger partial charge in [-0.1, -0.05) is 0 Å². The largest absolute Gasteiger partial charge is 0.378 e. The summed E-state index contributed by atoms with van der Waals surface area (Å²) in [5.74, 6) is 0.505. The van der Waals surface area contributed by atoms with E-state index in [0.29, 0.717) is 18.9 Å². The molecule has 0 radical (unpaired) electrons. The maximum absolute atomic E-state index is 10.9. The van der Waals surface area contributed by atoms with Crippen LogP contribution in [0.2, 0.25) is 0 Å². The predicted molar refractivity (Wildman–Crippen MR) is 55.8 cm³/mol. The van der Waals surface area contributed by atoms with Crippen LogP contribution in [0, 0.1) is 5.92 Å². The molecule has 1 rings (SSSR count). The van der Waals surface area contributed by atoms with Crippen molar-refractivity contribution >= 4 is 9.84 Å². The normalized spacial score (nSPS) is 30.5. The van der Waals surface area contributed by atoms with Crippen LogP contribution in [-0.4, -0.2) is 39.2 Å². The first kappa shape index (κ1) is 11.9. The van der Waals surface area contributed by atoms with Gasteiger partial charge in [-0.05, 0) is 25.7 Å². The molecule has 2 N–H and O–H groups in total. The van der Waals surface area contributed by atoms with Crippen molar-refractivity contribution in [2.45, 2.75) is 31.9 Å². The molecule has 3 unspecified atom stereocenters. The highest BCUT2D eigenvalue weighted by Gasteiger charge is 2.27. The molecule has 14 heavy (non-hydrogen) atoms. The summed E-state index contributed by atoms with van der Waals surface area (Å²) in [5.41, 5.74) is 5.90. The zero-order valence-corrected chi connectivity index (χ0v) is 9.59. The zero-order valence-electron chi connectivity index (χ0n) is 8.77. The zero-order chi connectivity index (χ0) is 10.8. The van der Waals surface area contributed by atoms with Gasteiger partial charge < -0.3 is 10.5 Å². The molecule has 0 saturated carbocycles. The average molecular weight is 221 g/mol. The summed E-state index contributed by atoms with van der Waals surface area (Å²) in [5, 5.41) is 0. The molecular weight excluding hydrogens is 202 g/mol. The highest BCUT2D eigenvalue weighted by Crippen LogP contribution is 2.22. The number of hydrogen-bond acceptors (Lipinski definition) is 4. The van der Waals surface area contributed by atoms with E-state index in [-0.39, 0.29) is 17.9 Å². The molecule has 0 amide bonds. The monoisotopic (exact) mass is 221 g/mol. The number of nitrogens with two attached hydrogens (primary N) is 1. The van der Waals surface area contributed by atoms with Gasteiger partial charge >= 0.3 is 0 Å². The highest BCUT2D eigenvalue weighted by atomic mass is 32.2. The molecule has 5 heteroatoms. The van der Waals surface area contributed by atoms with Crippen LogP contribution in [0.3, 0.4) is 0 Å². The fourth-order valence-electron chi connectivity index (χ4n) is 1.73. The van der Waals surface area contributed by atoms with Crippen LogP contribution < -0.4 is 5.73 Å². The molecule has 1 heterocycles. The number of ether oxygens (including phenoxy) is 1. The van der Waals surface area contributed by atoms with Crippen molar-refractivity contribution in [3.63, 3.8) is 0 Å². The fraction of sp³-hybridized carbons (Fsp3) is 1.00. The Hall–Kier alpha value is -0.130. The Balaban J connectivity index is 2.32. The molecule has 0 aromatic rings. The van der Waals surface area contributed by atoms with E-state index in [1.54, 1.807) is 0 Å². The lowest BCUT2D eigenvalue weighted by Gasteiger charge is -2.16. The van der Waals surface area contributed by atoms with Crippen molar-refractivity contribution in [3.05, 3.63) is 0 Å². The second kappa shape index (κ2) is 4.59. The van der Waals surface area contributed by atoms with Crippen LogP contribution in [0.1, 0.15) is 19.8 Å². The van der Waals surface area contributed by atoms with E-state index in [4.69, 9.17) is 10.5 Å². The van der Waals surface area contributed by atoms with Gasteiger partial charge in [-0.25, -0.2) is 8.42 Å². The lowest BCUT2D eigenvalue weighted by molar-refractivity contribution is 0.118. The molecule has 1 fully saturated rings. The first-order chi connectivity index (χ1) is 6.38. The van der Waals surface area contributed by atoms with Gasteiger partial charge in [-0.15, -0.1) is 0 Å². The summed E-state index contributed by atoms with van der Waals surface area (Å²) in [4.78, 5) is 0. The van der Waals surface area contributed by atoms with Gasteiger partial charge in [-0.2, -0.15) is 0 Å². The van der Waals surface area contributed by atoms with Crippen LogP contribution in [-0.2, 0) is 14.6 Å². The van der Waals surface area contributed by atoms with Gasteiger partial charge in [0.1, 0.15) is 9.84 Å². The van der Waals surface area contributed by atoms with Gasteiger partial charge in [0.25, 0.3) is 0 Å². The summed E-state index contributed by atoms with van der Waals surface area (Å²) in [6.45, 7) is 2.69. The lowest BCUT2D eigenvalue weighted by atomic mass is 9.96. The van der Waals surface area contributed by atoms with Gasteiger partial charge in [-0.3, -0.25) is 0 Å². The van der Waals surface area contributed by atoms with Crippen molar-refractivity contribution in [2.75, 3.05) is 18.6 Å². The third-order valence-corrected chi connectivity index (χ3v) is 3.63. The standard InChI is InChI=1S/C9H19NO3S/c1-7-5-8(6-13-7)9(10)3-4-14(2,11)12/h7-9H,3-6,10H2,1-2H3. The Morgan fingerprint density at radius 3 is 2.64 bits per heavy atom. The van der Waals surface area contributed by atoms with E-state index in [0.717, 1.165) is 6.42 Å². The summed E-state index contributed by atoms with van der Waals surface area (Å²) in [6.07, 6.45) is 3.00. The van der Waals surface area contributed by atoms with Crippen LogP contribution in [0.15, 0.2) is 0 Å². The first-order valence-corrected chi connectivity index (χ1v) is 6.99. The predicted octanol–water partition coefficient (Wildman–Crippen LogP) is 0.173. The summed E-state index contributed by atoms with van der Waals surface area (Å²) in [6, 6.07) is -0.0466. The lowest BCUT2D eigenvalue weighted by Crippen LogP contribution is -2.32. The Morgan fingerprint density at radius 2 is 2.21 bits per heavy atom. The second-order valence-corrected chi connectivity index (χ2v) is 6.48. The number of rotatable bonds is 4. The molecule has 3 atom stereocenters. The topological polar surface area (TPSA) is 69.4 Å². The molecule has 1 saturated heterocycles. The minimum Gasteiger partial charge on any atom is -0.378 e. The molecule has 0 aromatic carbocycles. The van der Waals surface area contributed by atoms with Gasteiger partial charge in [0.05, 0.1) is 18.5 Å². The molecule has 84 valence electrons. The molecule has 1 aliphatic rings. The van der Waals surface area contributed by atoms with Gasteiger partial charge in [0.2, 0.25) is 0 Å². The minimum atomic E-state index is -2.88. The third-order valence-electron chi connectivity index (χ3n) is 2.66.